The molecule has 0 bridgehead atoms. The number of nitrogen functional groups attached to an aromatic ring is 1. The number of carbonyl (C=O) groups excluding carboxylic acids is 1. The van der Waals surface area contributed by atoms with E-state index in [9.17, 15) is 4.79 Å². The molecule has 0 aliphatic heterocycles. The SMILES string of the molecule is Cc1cc(C)c(C(=O)c2cn(C)c3ccccc23)cc1N. The van der Waals surface area contributed by atoms with Crippen molar-refractivity contribution < 1.29 is 4.79 Å². The van der Waals surface area contributed by atoms with Gasteiger partial charge in [0.1, 0.15) is 0 Å². The number of para-hydroxylation sites is 1. The van der Waals surface area contributed by atoms with Gasteiger partial charge in [-0.05, 0) is 37.1 Å². The third-order valence-corrected chi connectivity index (χ3v) is 4.00. The molecule has 0 saturated carbocycles. The molecule has 0 spiro atoms. The molecule has 3 nitrogen and oxygen atoms in total. The minimum atomic E-state index is 0.0241. The van der Waals surface area contributed by atoms with Gasteiger partial charge in [0.25, 0.3) is 0 Å². The van der Waals surface area contributed by atoms with E-state index in [1.54, 1.807) is 6.07 Å². The van der Waals surface area contributed by atoms with Gasteiger partial charge in [-0.1, -0.05) is 24.3 Å². The average Bonchev–Trinajstić information content (AvgIpc) is 2.80. The maximum Gasteiger partial charge on any atom is 0.195 e. The van der Waals surface area contributed by atoms with Crippen LogP contribution in [0.4, 0.5) is 5.69 Å². The van der Waals surface area contributed by atoms with E-state index in [4.69, 9.17) is 5.73 Å². The normalized spacial score (nSPS) is 11.0. The minimum Gasteiger partial charge on any atom is -0.398 e. The number of hydrogen-bond acceptors (Lipinski definition) is 2. The molecule has 3 heteroatoms. The first-order chi connectivity index (χ1) is 9.99. The van der Waals surface area contributed by atoms with Crippen LogP contribution in [0.3, 0.4) is 0 Å². The van der Waals surface area contributed by atoms with E-state index in [2.05, 4.69) is 0 Å². The highest BCUT2D eigenvalue weighted by atomic mass is 16.1. The summed E-state index contributed by atoms with van der Waals surface area (Å²) >= 11 is 0. The smallest absolute Gasteiger partial charge is 0.195 e. The second kappa shape index (κ2) is 4.77. The van der Waals surface area contributed by atoms with Crippen LogP contribution < -0.4 is 5.73 Å². The molecule has 0 radical (unpaired) electrons. The molecule has 0 aliphatic carbocycles. The van der Waals surface area contributed by atoms with Crippen molar-refractivity contribution in [3.05, 3.63) is 64.8 Å². The lowest BCUT2D eigenvalue weighted by Crippen LogP contribution is -2.05. The van der Waals surface area contributed by atoms with E-state index in [0.717, 1.165) is 27.6 Å². The lowest BCUT2D eigenvalue weighted by Gasteiger charge is -2.08. The van der Waals surface area contributed by atoms with E-state index in [1.165, 1.54) is 0 Å². The van der Waals surface area contributed by atoms with Gasteiger partial charge in [0.05, 0.1) is 0 Å². The number of nitrogens with zero attached hydrogens (tertiary/aromatic N) is 1. The van der Waals surface area contributed by atoms with Gasteiger partial charge < -0.3 is 10.3 Å². The Hall–Kier alpha value is -2.55. The largest absolute Gasteiger partial charge is 0.398 e. The lowest BCUT2D eigenvalue weighted by molar-refractivity contribution is 0.103. The molecule has 0 unspecified atom stereocenters. The third kappa shape index (κ3) is 2.11. The number of rotatable bonds is 2. The first-order valence-corrected chi connectivity index (χ1v) is 6.94. The standard InChI is InChI=1S/C18H18N2O/c1-11-8-12(2)16(19)9-14(11)18(21)15-10-20(3)17-7-5-4-6-13(15)17/h4-10H,19H2,1-3H3. The summed E-state index contributed by atoms with van der Waals surface area (Å²) in [5.74, 6) is 0.0241. The molecular formula is C18H18N2O. The molecular weight excluding hydrogens is 260 g/mol. The molecule has 0 amide bonds. The number of benzene rings is 2. The summed E-state index contributed by atoms with van der Waals surface area (Å²) in [5, 5.41) is 0.976. The summed E-state index contributed by atoms with van der Waals surface area (Å²) in [7, 11) is 1.95. The summed E-state index contributed by atoms with van der Waals surface area (Å²) in [4.78, 5) is 12.9. The molecule has 1 aromatic heterocycles. The third-order valence-electron chi connectivity index (χ3n) is 4.00. The highest BCUT2D eigenvalue weighted by Gasteiger charge is 2.18. The lowest BCUT2D eigenvalue weighted by atomic mass is 9.96. The number of nitrogens with two attached hydrogens (primary N) is 1. The zero-order chi connectivity index (χ0) is 15.1. The molecule has 2 aromatic carbocycles. The fourth-order valence-electron chi connectivity index (χ4n) is 2.78. The number of aromatic nitrogens is 1. The summed E-state index contributed by atoms with van der Waals surface area (Å²) < 4.78 is 1.98. The second-order valence-corrected chi connectivity index (χ2v) is 5.52. The van der Waals surface area contributed by atoms with Crippen molar-refractivity contribution in [1.29, 1.82) is 0 Å². The molecule has 106 valence electrons. The molecule has 0 atom stereocenters. The molecule has 0 aliphatic rings. The summed E-state index contributed by atoms with van der Waals surface area (Å²) in [6.45, 7) is 3.90. The van der Waals surface area contributed by atoms with Crippen LogP contribution in [0.25, 0.3) is 10.9 Å². The van der Waals surface area contributed by atoms with Gasteiger partial charge in [0, 0.05) is 41.0 Å². The summed E-state index contributed by atoms with van der Waals surface area (Å²) in [5.41, 5.74) is 11.0. The van der Waals surface area contributed by atoms with Crippen molar-refractivity contribution in [2.24, 2.45) is 7.05 Å². The Labute approximate surface area is 124 Å². The Morgan fingerprint density at radius 2 is 1.76 bits per heavy atom. The van der Waals surface area contributed by atoms with E-state index in [0.29, 0.717) is 11.3 Å². The number of fused-ring (bicyclic) bond motifs is 1. The van der Waals surface area contributed by atoms with Crippen molar-refractivity contribution in [3.8, 4) is 0 Å². The van der Waals surface area contributed by atoms with E-state index in [1.807, 2.05) is 62.0 Å². The van der Waals surface area contributed by atoms with Gasteiger partial charge in [-0.3, -0.25) is 4.79 Å². The van der Waals surface area contributed by atoms with Crippen molar-refractivity contribution in [2.75, 3.05) is 5.73 Å². The molecule has 1 heterocycles. The van der Waals surface area contributed by atoms with E-state index < -0.39 is 0 Å². The Balaban J connectivity index is 2.20. The quantitative estimate of drug-likeness (QED) is 0.575. The van der Waals surface area contributed by atoms with E-state index in [-0.39, 0.29) is 5.78 Å². The average molecular weight is 278 g/mol. The van der Waals surface area contributed by atoms with Crippen LogP contribution in [-0.2, 0) is 7.05 Å². The van der Waals surface area contributed by atoms with E-state index >= 15 is 0 Å². The van der Waals surface area contributed by atoms with Gasteiger partial charge in [0.2, 0.25) is 0 Å². The molecule has 21 heavy (non-hydrogen) atoms. The molecule has 0 saturated heterocycles. The maximum atomic E-state index is 12.9. The van der Waals surface area contributed by atoms with Crippen molar-refractivity contribution in [2.45, 2.75) is 13.8 Å². The van der Waals surface area contributed by atoms with Crippen LogP contribution in [0.2, 0.25) is 0 Å². The Bertz CT molecular complexity index is 859. The molecule has 3 aromatic rings. The van der Waals surface area contributed by atoms with Crippen LogP contribution in [0.5, 0.6) is 0 Å². The second-order valence-electron chi connectivity index (χ2n) is 5.52. The highest BCUT2D eigenvalue weighted by molar-refractivity contribution is 6.17. The topological polar surface area (TPSA) is 48.0 Å². The zero-order valence-electron chi connectivity index (χ0n) is 12.5. The predicted molar refractivity (Wildman–Crippen MR) is 86.7 cm³/mol. The van der Waals surface area contributed by atoms with Crippen molar-refractivity contribution >= 4 is 22.4 Å². The van der Waals surface area contributed by atoms with Crippen LogP contribution in [0.1, 0.15) is 27.0 Å². The van der Waals surface area contributed by atoms with Gasteiger partial charge in [-0.25, -0.2) is 0 Å². The van der Waals surface area contributed by atoms with Crippen LogP contribution in [-0.4, -0.2) is 10.4 Å². The van der Waals surface area contributed by atoms with Gasteiger partial charge in [-0.2, -0.15) is 0 Å². The Morgan fingerprint density at radius 1 is 1.05 bits per heavy atom. The fourth-order valence-corrected chi connectivity index (χ4v) is 2.78. The summed E-state index contributed by atoms with van der Waals surface area (Å²) in [6, 6.07) is 11.7. The summed E-state index contributed by atoms with van der Waals surface area (Å²) in [6.07, 6.45) is 1.89. The number of hydrogen-bond donors (Lipinski definition) is 1. The minimum absolute atomic E-state index is 0.0241. The number of carbonyl (C=O) groups is 1. The van der Waals surface area contributed by atoms with Gasteiger partial charge >= 0.3 is 0 Å². The molecule has 0 fully saturated rings. The number of aryl methyl sites for hydroxylation is 3. The number of ketones is 1. The van der Waals surface area contributed by atoms with Gasteiger partial charge in [0.15, 0.2) is 5.78 Å². The first kappa shape index (κ1) is 13.4. The van der Waals surface area contributed by atoms with Crippen LogP contribution >= 0.6 is 0 Å². The molecule has 2 N–H and O–H groups in total. The Morgan fingerprint density at radius 3 is 2.52 bits per heavy atom. The van der Waals surface area contributed by atoms with Crippen molar-refractivity contribution in [3.63, 3.8) is 0 Å². The van der Waals surface area contributed by atoms with Crippen LogP contribution in [0.15, 0.2) is 42.6 Å². The molecule has 3 rings (SSSR count). The van der Waals surface area contributed by atoms with Gasteiger partial charge in [-0.15, -0.1) is 0 Å². The maximum absolute atomic E-state index is 12.9. The first-order valence-electron chi connectivity index (χ1n) is 6.94. The van der Waals surface area contributed by atoms with Crippen molar-refractivity contribution in [1.82, 2.24) is 4.57 Å². The Kier molecular flexibility index (Phi) is 3.05. The zero-order valence-corrected chi connectivity index (χ0v) is 12.5. The number of anilines is 1. The monoisotopic (exact) mass is 278 g/mol. The highest BCUT2D eigenvalue weighted by Crippen LogP contribution is 2.26. The predicted octanol–water partition coefficient (Wildman–Crippen LogP) is 3.61. The van der Waals surface area contributed by atoms with Crippen LogP contribution in [0, 0.1) is 13.8 Å². The fraction of sp³-hybridized carbons (Fsp3) is 0.167.